The fourth-order valence-electron chi connectivity index (χ4n) is 2.76. The molecule has 0 radical (unpaired) electrons. The van der Waals surface area contributed by atoms with Gasteiger partial charge in [-0.25, -0.2) is 0 Å². The standard InChI is InChI=1S/C14H18O/c1-9(2)12-6-4-10(3)14-8-11(15)5-7-13(12)14/h4,8,12-13H,1,5-7H2,2-3H3/t12-,13+/m1/s1. The smallest absolute Gasteiger partial charge is 0.156 e. The molecule has 80 valence electrons. The maximum absolute atomic E-state index is 11.4. The first kappa shape index (κ1) is 10.4. The summed E-state index contributed by atoms with van der Waals surface area (Å²) in [6.07, 6.45) is 6.92. The third-order valence-electron chi connectivity index (χ3n) is 3.67. The first-order valence-electron chi connectivity index (χ1n) is 5.66. The molecule has 0 heterocycles. The number of rotatable bonds is 1. The van der Waals surface area contributed by atoms with Crippen LogP contribution in [0.4, 0.5) is 0 Å². The predicted octanol–water partition coefficient (Wildman–Crippen LogP) is 3.43. The molecule has 2 aliphatic carbocycles. The highest BCUT2D eigenvalue weighted by Gasteiger charge is 2.32. The zero-order chi connectivity index (χ0) is 11.0. The Hall–Kier alpha value is -1.11. The fraction of sp³-hybridized carbons (Fsp3) is 0.500. The van der Waals surface area contributed by atoms with Crippen molar-refractivity contribution in [2.75, 3.05) is 0 Å². The number of fused-ring (bicyclic) bond motifs is 1. The van der Waals surface area contributed by atoms with Gasteiger partial charge in [0, 0.05) is 6.42 Å². The largest absolute Gasteiger partial charge is 0.295 e. The number of hydrogen-bond acceptors (Lipinski definition) is 1. The highest BCUT2D eigenvalue weighted by molar-refractivity contribution is 5.92. The number of carbonyl (C=O) groups excluding carboxylic acids is 1. The molecule has 0 saturated heterocycles. The fourth-order valence-corrected chi connectivity index (χ4v) is 2.76. The minimum Gasteiger partial charge on any atom is -0.295 e. The Labute approximate surface area is 91.6 Å². The van der Waals surface area contributed by atoms with Crippen molar-refractivity contribution in [1.82, 2.24) is 0 Å². The average Bonchev–Trinajstić information content (AvgIpc) is 2.19. The van der Waals surface area contributed by atoms with Crippen LogP contribution in [0.3, 0.4) is 0 Å². The van der Waals surface area contributed by atoms with E-state index in [1.165, 1.54) is 16.7 Å². The Morgan fingerprint density at radius 1 is 1.53 bits per heavy atom. The van der Waals surface area contributed by atoms with Crippen molar-refractivity contribution in [3.63, 3.8) is 0 Å². The van der Waals surface area contributed by atoms with Gasteiger partial charge in [-0.2, -0.15) is 0 Å². The van der Waals surface area contributed by atoms with Gasteiger partial charge in [0.1, 0.15) is 0 Å². The van der Waals surface area contributed by atoms with Gasteiger partial charge in [-0.3, -0.25) is 4.79 Å². The molecule has 0 unspecified atom stereocenters. The van der Waals surface area contributed by atoms with E-state index >= 15 is 0 Å². The summed E-state index contributed by atoms with van der Waals surface area (Å²) < 4.78 is 0. The molecule has 1 heteroatoms. The van der Waals surface area contributed by atoms with Crippen LogP contribution < -0.4 is 0 Å². The van der Waals surface area contributed by atoms with Gasteiger partial charge in [0.2, 0.25) is 0 Å². The summed E-state index contributed by atoms with van der Waals surface area (Å²) in [5.74, 6) is 1.38. The molecular weight excluding hydrogens is 184 g/mol. The predicted molar refractivity (Wildman–Crippen MR) is 62.5 cm³/mol. The van der Waals surface area contributed by atoms with Crippen molar-refractivity contribution in [2.45, 2.75) is 33.1 Å². The molecule has 0 spiro atoms. The van der Waals surface area contributed by atoms with E-state index in [4.69, 9.17) is 0 Å². The lowest BCUT2D eigenvalue weighted by Gasteiger charge is -2.35. The molecule has 15 heavy (non-hydrogen) atoms. The Morgan fingerprint density at radius 2 is 2.27 bits per heavy atom. The minimum atomic E-state index is 0.288. The van der Waals surface area contributed by atoms with Crippen molar-refractivity contribution < 1.29 is 4.79 Å². The van der Waals surface area contributed by atoms with Gasteiger partial charge >= 0.3 is 0 Å². The summed E-state index contributed by atoms with van der Waals surface area (Å²) in [5, 5.41) is 0. The molecule has 2 atom stereocenters. The number of hydrogen-bond donors (Lipinski definition) is 0. The van der Waals surface area contributed by atoms with Gasteiger partial charge in [-0.05, 0) is 50.2 Å². The Balaban J connectivity index is 2.38. The maximum atomic E-state index is 11.4. The van der Waals surface area contributed by atoms with Gasteiger partial charge in [0.25, 0.3) is 0 Å². The Kier molecular flexibility index (Phi) is 2.64. The van der Waals surface area contributed by atoms with Crippen molar-refractivity contribution in [1.29, 1.82) is 0 Å². The van der Waals surface area contributed by atoms with Crippen molar-refractivity contribution >= 4 is 5.78 Å². The zero-order valence-electron chi connectivity index (χ0n) is 9.55. The highest BCUT2D eigenvalue weighted by Crippen LogP contribution is 2.42. The van der Waals surface area contributed by atoms with E-state index in [1.807, 2.05) is 6.08 Å². The van der Waals surface area contributed by atoms with Crippen LogP contribution in [0.1, 0.15) is 33.1 Å². The van der Waals surface area contributed by atoms with Gasteiger partial charge in [0.15, 0.2) is 5.78 Å². The SMILES string of the molecule is C=C(C)[C@H]1CC=C(C)C2=CC(=O)CC[C@H]21. The van der Waals surface area contributed by atoms with E-state index in [9.17, 15) is 4.79 Å². The molecule has 0 bridgehead atoms. The molecule has 0 N–H and O–H groups in total. The van der Waals surface area contributed by atoms with Gasteiger partial charge in [-0.15, -0.1) is 0 Å². The third-order valence-corrected chi connectivity index (χ3v) is 3.67. The summed E-state index contributed by atoms with van der Waals surface area (Å²) in [5.41, 5.74) is 3.82. The maximum Gasteiger partial charge on any atom is 0.156 e. The number of allylic oxidation sites excluding steroid dienone is 5. The van der Waals surface area contributed by atoms with Gasteiger partial charge < -0.3 is 0 Å². The van der Waals surface area contributed by atoms with E-state index in [0.29, 0.717) is 18.3 Å². The van der Waals surface area contributed by atoms with Gasteiger partial charge in [0.05, 0.1) is 0 Å². The molecule has 0 amide bonds. The average molecular weight is 202 g/mol. The molecule has 0 fully saturated rings. The molecule has 0 aliphatic heterocycles. The van der Waals surface area contributed by atoms with Crippen LogP contribution in [-0.2, 0) is 4.79 Å². The Bertz CT molecular complexity index is 371. The summed E-state index contributed by atoms with van der Waals surface area (Å²) in [4.78, 5) is 11.4. The molecule has 2 rings (SSSR count). The highest BCUT2D eigenvalue weighted by atomic mass is 16.1. The summed E-state index contributed by atoms with van der Waals surface area (Å²) in [7, 11) is 0. The van der Waals surface area contributed by atoms with Crippen LogP contribution >= 0.6 is 0 Å². The van der Waals surface area contributed by atoms with E-state index in [2.05, 4.69) is 26.5 Å². The second kappa shape index (κ2) is 3.80. The second-order valence-corrected chi connectivity index (χ2v) is 4.79. The lowest BCUT2D eigenvalue weighted by Crippen LogP contribution is -2.26. The monoisotopic (exact) mass is 202 g/mol. The van der Waals surface area contributed by atoms with Crippen molar-refractivity contribution in [2.24, 2.45) is 11.8 Å². The Morgan fingerprint density at radius 3 is 2.93 bits per heavy atom. The van der Waals surface area contributed by atoms with E-state index in [-0.39, 0.29) is 5.78 Å². The second-order valence-electron chi connectivity index (χ2n) is 4.79. The van der Waals surface area contributed by atoms with E-state index in [0.717, 1.165) is 12.8 Å². The lowest BCUT2D eigenvalue weighted by atomic mass is 9.69. The van der Waals surface area contributed by atoms with Crippen LogP contribution in [0, 0.1) is 11.8 Å². The molecule has 0 saturated carbocycles. The third kappa shape index (κ3) is 1.83. The first-order chi connectivity index (χ1) is 7.09. The summed E-state index contributed by atoms with van der Waals surface area (Å²) in [6.45, 7) is 8.29. The summed E-state index contributed by atoms with van der Waals surface area (Å²) >= 11 is 0. The quantitative estimate of drug-likeness (QED) is 0.595. The van der Waals surface area contributed by atoms with Crippen molar-refractivity contribution in [3.05, 3.63) is 35.5 Å². The molecule has 0 aromatic carbocycles. The molecule has 0 aromatic rings. The molecule has 1 nitrogen and oxygen atoms in total. The minimum absolute atomic E-state index is 0.288. The van der Waals surface area contributed by atoms with Crippen LogP contribution in [0.2, 0.25) is 0 Å². The molecular formula is C14H18O. The van der Waals surface area contributed by atoms with E-state index < -0.39 is 0 Å². The zero-order valence-corrected chi connectivity index (χ0v) is 9.55. The summed E-state index contributed by atoms with van der Waals surface area (Å²) in [6, 6.07) is 0. The molecule has 2 aliphatic rings. The molecule has 0 aromatic heterocycles. The van der Waals surface area contributed by atoms with E-state index in [1.54, 1.807) is 0 Å². The van der Waals surface area contributed by atoms with Crippen LogP contribution in [-0.4, -0.2) is 5.78 Å². The van der Waals surface area contributed by atoms with Crippen LogP contribution in [0.15, 0.2) is 35.5 Å². The first-order valence-corrected chi connectivity index (χ1v) is 5.66. The van der Waals surface area contributed by atoms with Crippen molar-refractivity contribution in [3.8, 4) is 0 Å². The number of carbonyl (C=O) groups is 1. The lowest BCUT2D eigenvalue weighted by molar-refractivity contribution is -0.115. The topological polar surface area (TPSA) is 17.1 Å². The number of ketones is 1. The van der Waals surface area contributed by atoms with Crippen LogP contribution in [0.5, 0.6) is 0 Å². The normalized spacial score (nSPS) is 30.4. The van der Waals surface area contributed by atoms with Crippen LogP contribution in [0.25, 0.3) is 0 Å². The van der Waals surface area contributed by atoms with Gasteiger partial charge in [-0.1, -0.05) is 23.8 Å².